The maximum absolute atomic E-state index is 13.4. The Morgan fingerprint density at radius 3 is 2.27 bits per heavy atom. The van der Waals surface area contributed by atoms with Crippen molar-refractivity contribution in [1.29, 1.82) is 0 Å². The maximum atomic E-state index is 13.4. The molecule has 5 fully saturated rings. The van der Waals surface area contributed by atoms with Gasteiger partial charge in [-0.15, -0.1) is 0 Å². The van der Waals surface area contributed by atoms with Crippen LogP contribution in [0.15, 0.2) is 59.5 Å². The molecule has 266 valence electrons. The van der Waals surface area contributed by atoms with Gasteiger partial charge < -0.3 is 9.84 Å². The summed E-state index contributed by atoms with van der Waals surface area (Å²) in [4.78, 5) is 26.4. The van der Waals surface area contributed by atoms with E-state index in [9.17, 15) is 23.1 Å². The van der Waals surface area contributed by atoms with Crippen molar-refractivity contribution in [2.75, 3.05) is 0 Å². The van der Waals surface area contributed by atoms with Crippen LogP contribution < -0.4 is 4.72 Å². The standard InChI is InChI=1S/C41H55NO6S/c1-25(2)27-17-22-41(35(43)44)24-23-39(6)29(34(27)41)15-16-32-38(5)20-19-33(37(3,4)31(38)18-21-40(32,39)7)48-36(45)42-49(46,47)30-14-10-12-26-11-8-9-13-28(26)30/h8-14,27,29,31-34H,1,15-24H2,2-7H3,(H,42,45)(H,43,44)/t27-,29+,31-,32+,33-,34+,38-,39+,40+,41-/m0/s1. The summed E-state index contributed by atoms with van der Waals surface area (Å²) in [5.74, 6) is 0.963. The van der Waals surface area contributed by atoms with Crippen molar-refractivity contribution in [3.05, 3.63) is 54.6 Å². The van der Waals surface area contributed by atoms with E-state index in [1.54, 1.807) is 18.2 Å². The lowest BCUT2D eigenvalue weighted by Crippen LogP contribution is -2.67. The van der Waals surface area contributed by atoms with Crippen molar-refractivity contribution in [2.45, 2.75) is 117 Å². The van der Waals surface area contributed by atoms with Crippen LogP contribution >= 0.6 is 0 Å². The summed E-state index contributed by atoms with van der Waals surface area (Å²) in [6.45, 7) is 18.4. The average Bonchev–Trinajstić information content (AvgIpc) is 3.44. The molecule has 2 aromatic rings. The number of rotatable bonds is 5. The van der Waals surface area contributed by atoms with Crippen LogP contribution in [0.4, 0.5) is 4.79 Å². The number of benzene rings is 2. The molecule has 0 spiro atoms. The van der Waals surface area contributed by atoms with E-state index in [2.05, 4.69) is 52.8 Å². The number of fused-ring (bicyclic) bond motifs is 8. The lowest BCUT2D eigenvalue weighted by Gasteiger charge is -2.72. The van der Waals surface area contributed by atoms with E-state index in [0.29, 0.717) is 29.6 Å². The normalized spacial score (nSPS) is 41.0. The smallest absolute Gasteiger partial charge is 0.421 e. The fourth-order valence-corrected chi connectivity index (χ4v) is 14.6. The van der Waals surface area contributed by atoms with Crippen LogP contribution in [0.25, 0.3) is 10.8 Å². The highest BCUT2D eigenvalue weighted by Crippen LogP contribution is 2.77. The average molecular weight is 690 g/mol. The van der Waals surface area contributed by atoms with Gasteiger partial charge in [-0.25, -0.2) is 17.9 Å². The molecule has 7 rings (SSSR count). The number of aliphatic carboxylic acids is 1. The highest BCUT2D eigenvalue weighted by molar-refractivity contribution is 7.90. The van der Waals surface area contributed by atoms with Gasteiger partial charge in [0.25, 0.3) is 10.0 Å². The van der Waals surface area contributed by atoms with Gasteiger partial charge in [0.2, 0.25) is 0 Å². The first-order valence-corrected chi connectivity index (χ1v) is 20.0. The fraction of sp³-hybridized carbons (Fsp3) is 0.659. The van der Waals surface area contributed by atoms with Gasteiger partial charge in [0.15, 0.2) is 0 Å². The molecule has 5 aliphatic rings. The highest BCUT2D eigenvalue weighted by atomic mass is 32.2. The molecule has 0 bridgehead atoms. The minimum absolute atomic E-state index is 0.0284. The molecule has 7 nitrogen and oxygen atoms in total. The molecular formula is C41H55NO6S. The highest BCUT2D eigenvalue weighted by Gasteiger charge is 2.72. The van der Waals surface area contributed by atoms with E-state index >= 15 is 0 Å². The van der Waals surface area contributed by atoms with Crippen molar-refractivity contribution in [1.82, 2.24) is 4.72 Å². The number of ether oxygens (including phenoxy) is 1. The topological polar surface area (TPSA) is 110 Å². The lowest BCUT2D eigenvalue weighted by atomic mass is 9.32. The van der Waals surface area contributed by atoms with Crippen LogP contribution in [0.2, 0.25) is 0 Å². The Labute approximate surface area is 292 Å². The summed E-state index contributed by atoms with van der Waals surface area (Å²) >= 11 is 0. The zero-order chi connectivity index (χ0) is 35.4. The molecular weight excluding hydrogens is 635 g/mol. The SMILES string of the molecule is C=C(C)[C@@H]1CC[C@]2(C(=O)O)CC[C@]3(C)[C@H](CC[C@@H]4[C@@]5(C)CC[C@H](OC(=O)NS(=O)(=O)c6cccc7ccccc67)C(C)(C)[C@@H]5CC[C@]43C)[C@@H]12. The second-order valence-electron chi connectivity index (χ2n) is 18.0. The third-order valence-electron chi connectivity index (χ3n) is 15.9. The predicted molar refractivity (Wildman–Crippen MR) is 191 cm³/mol. The first-order chi connectivity index (χ1) is 22.9. The van der Waals surface area contributed by atoms with E-state index in [-0.39, 0.29) is 38.4 Å². The van der Waals surface area contributed by atoms with Crippen molar-refractivity contribution in [2.24, 2.45) is 56.7 Å². The van der Waals surface area contributed by atoms with Gasteiger partial charge in [0.05, 0.1) is 10.3 Å². The van der Waals surface area contributed by atoms with Gasteiger partial charge in [-0.1, -0.05) is 83.2 Å². The van der Waals surface area contributed by atoms with Crippen LogP contribution in [-0.2, 0) is 19.6 Å². The van der Waals surface area contributed by atoms with Crippen LogP contribution in [0.3, 0.4) is 0 Å². The molecule has 2 aromatic carbocycles. The number of hydrogen-bond acceptors (Lipinski definition) is 5. The van der Waals surface area contributed by atoms with Crippen LogP contribution in [0.5, 0.6) is 0 Å². The molecule has 0 aliphatic heterocycles. The third kappa shape index (κ3) is 4.81. The van der Waals surface area contributed by atoms with E-state index in [0.717, 1.165) is 68.7 Å². The fourth-order valence-electron chi connectivity index (χ4n) is 13.4. The first kappa shape index (κ1) is 34.6. The van der Waals surface area contributed by atoms with Gasteiger partial charge in [-0.3, -0.25) is 4.79 Å². The monoisotopic (exact) mass is 689 g/mol. The van der Waals surface area contributed by atoms with Gasteiger partial charge in [-0.05, 0) is 128 Å². The van der Waals surface area contributed by atoms with Crippen molar-refractivity contribution < 1.29 is 27.9 Å². The Morgan fingerprint density at radius 2 is 1.55 bits per heavy atom. The number of carboxylic acid groups (broad SMARTS) is 1. The summed E-state index contributed by atoms with van der Waals surface area (Å²) in [7, 11) is -4.14. The number of allylic oxidation sites excluding steroid dienone is 1. The first-order valence-electron chi connectivity index (χ1n) is 18.5. The lowest BCUT2D eigenvalue weighted by molar-refractivity contribution is -0.247. The molecule has 0 aromatic heterocycles. The van der Waals surface area contributed by atoms with E-state index in [1.807, 2.05) is 18.2 Å². The number of sulfonamides is 1. The molecule has 0 saturated heterocycles. The van der Waals surface area contributed by atoms with Gasteiger partial charge in [0.1, 0.15) is 6.10 Å². The summed E-state index contributed by atoms with van der Waals surface area (Å²) in [6, 6.07) is 12.3. The molecule has 8 heteroatoms. The molecule has 49 heavy (non-hydrogen) atoms. The minimum Gasteiger partial charge on any atom is -0.481 e. The van der Waals surface area contributed by atoms with Crippen molar-refractivity contribution in [3.63, 3.8) is 0 Å². The van der Waals surface area contributed by atoms with Crippen LogP contribution in [0.1, 0.15) is 106 Å². The number of carbonyl (C=O) groups is 2. The van der Waals surface area contributed by atoms with Crippen molar-refractivity contribution >= 4 is 32.9 Å². The Bertz CT molecular complexity index is 1810. The number of carbonyl (C=O) groups excluding carboxylic acids is 1. The maximum Gasteiger partial charge on any atom is 0.421 e. The molecule has 0 heterocycles. The zero-order valence-corrected chi connectivity index (χ0v) is 31.0. The predicted octanol–water partition coefficient (Wildman–Crippen LogP) is 9.37. The molecule has 2 N–H and O–H groups in total. The number of hydrogen-bond donors (Lipinski definition) is 2. The van der Waals surface area contributed by atoms with E-state index < -0.39 is 33.6 Å². The summed E-state index contributed by atoms with van der Waals surface area (Å²) in [6.07, 6.45) is 7.88. The second-order valence-corrected chi connectivity index (χ2v) is 19.6. The van der Waals surface area contributed by atoms with E-state index in [4.69, 9.17) is 4.74 Å². The Morgan fingerprint density at radius 1 is 0.837 bits per heavy atom. The minimum atomic E-state index is -4.14. The number of amides is 1. The molecule has 1 amide bonds. The molecule has 5 aliphatic carbocycles. The van der Waals surface area contributed by atoms with E-state index in [1.165, 1.54) is 6.07 Å². The quantitative estimate of drug-likeness (QED) is 0.303. The summed E-state index contributed by atoms with van der Waals surface area (Å²) < 4.78 is 35.1. The Kier molecular flexibility index (Phi) is 7.98. The third-order valence-corrected chi connectivity index (χ3v) is 17.3. The van der Waals surface area contributed by atoms with Gasteiger partial charge in [0, 0.05) is 10.8 Å². The van der Waals surface area contributed by atoms with Gasteiger partial charge >= 0.3 is 12.1 Å². The summed E-state index contributed by atoms with van der Waals surface area (Å²) in [5, 5.41) is 12.0. The molecule has 10 atom stereocenters. The molecule has 0 radical (unpaired) electrons. The zero-order valence-electron chi connectivity index (χ0n) is 30.2. The van der Waals surface area contributed by atoms with Crippen LogP contribution in [-0.4, -0.2) is 31.7 Å². The number of nitrogens with one attached hydrogen (secondary N) is 1. The Balaban J connectivity index is 1.12. The van der Waals surface area contributed by atoms with Gasteiger partial charge in [-0.2, -0.15) is 0 Å². The largest absolute Gasteiger partial charge is 0.481 e. The molecule has 0 unspecified atom stereocenters. The second kappa shape index (κ2) is 11.3. The summed E-state index contributed by atoms with van der Waals surface area (Å²) in [5.41, 5.74) is 0.307. The molecule has 5 saturated carbocycles. The number of carboxylic acids is 1. The van der Waals surface area contributed by atoms with Crippen LogP contribution in [0, 0.1) is 56.7 Å². The Hall–Kier alpha value is -2.87. The van der Waals surface area contributed by atoms with Crippen molar-refractivity contribution in [3.8, 4) is 0 Å².